The van der Waals surface area contributed by atoms with Crippen molar-refractivity contribution in [3.8, 4) is 44.5 Å². The van der Waals surface area contributed by atoms with Gasteiger partial charge in [0, 0.05) is 22.5 Å². The Hall–Kier alpha value is -6.44. The molecule has 0 fully saturated rings. The predicted octanol–water partition coefficient (Wildman–Crippen LogP) is 13.5. The second kappa shape index (κ2) is 11.0. The molecule has 11 rings (SSSR count). The Balaban J connectivity index is 1.15. The molecular formula is C52H37N. The minimum absolute atomic E-state index is 0.105. The molecule has 8 aromatic carbocycles. The van der Waals surface area contributed by atoms with Gasteiger partial charge in [0.25, 0.3) is 0 Å². The number of nitrogens with zero attached hydrogens (tertiary/aromatic N) is 1. The Kier molecular flexibility index (Phi) is 6.29. The molecule has 0 N–H and O–H groups in total. The van der Waals surface area contributed by atoms with Crippen molar-refractivity contribution in [2.45, 2.75) is 24.7 Å². The molecule has 3 aliphatic carbocycles. The van der Waals surface area contributed by atoms with Gasteiger partial charge in [0.2, 0.25) is 0 Å². The maximum absolute atomic E-state index is 2.47. The van der Waals surface area contributed by atoms with Crippen molar-refractivity contribution in [3.63, 3.8) is 0 Å². The summed E-state index contributed by atoms with van der Waals surface area (Å²) >= 11 is 0. The van der Waals surface area contributed by atoms with Crippen LogP contribution >= 0.6 is 0 Å². The van der Waals surface area contributed by atoms with E-state index in [0.29, 0.717) is 0 Å². The van der Waals surface area contributed by atoms with E-state index < -0.39 is 0 Å². The molecule has 1 nitrogen and oxygen atoms in total. The average Bonchev–Trinajstić information content (AvgIpc) is 3.77. The van der Waals surface area contributed by atoms with Crippen LogP contribution in [0.5, 0.6) is 0 Å². The first-order valence-corrected chi connectivity index (χ1v) is 18.7. The lowest BCUT2D eigenvalue weighted by Crippen LogP contribution is -2.25. The first-order valence-electron chi connectivity index (χ1n) is 18.7. The monoisotopic (exact) mass is 675 g/mol. The third-order valence-electron chi connectivity index (χ3n) is 12.3. The van der Waals surface area contributed by atoms with E-state index in [4.69, 9.17) is 0 Å². The lowest BCUT2D eigenvalue weighted by atomic mass is 9.70. The van der Waals surface area contributed by atoms with E-state index >= 15 is 0 Å². The average molecular weight is 676 g/mol. The molecule has 0 bridgehead atoms. The standard InChI is InChI=1S/C52H37N/c1-51(2)45-23-10-6-19-39(45)43-29-27-38(33-50(43)51)53(36-18-14-17-35(31-36)34-15-4-3-5-16-34)37-28-30-49-44(32-37)42-22-9-13-26-48(42)52(49)46-24-11-7-20-40(46)41-21-8-12-25-47(41)52/h3-33H,1-2H3. The molecule has 0 saturated heterocycles. The highest BCUT2D eigenvalue weighted by atomic mass is 15.1. The molecule has 0 amide bonds. The molecule has 1 spiro atoms. The quantitative estimate of drug-likeness (QED) is 0.179. The van der Waals surface area contributed by atoms with Gasteiger partial charge in [-0.3, -0.25) is 0 Å². The van der Waals surface area contributed by atoms with Crippen LogP contribution in [-0.4, -0.2) is 0 Å². The highest BCUT2D eigenvalue weighted by Gasteiger charge is 2.51. The summed E-state index contributed by atoms with van der Waals surface area (Å²) in [5.41, 5.74) is 21.5. The van der Waals surface area contributed by atoms with Gasteiger partial charge in [-0.2, -0.15) is 0 Å². The Morgan fingerprint density at radius 1 is 0.302 bits per heavy atom. The van der Waals surface area contributed by atoms with Gasteiger partial charge in [-0.15, -0.1) is 0 Å². The zero-order valence-corrected chi connectivity index (χ0v) is 29.8. The summed E-state index contributed by atoms with van der Waals surface area (Å²) in [5.74, 6) is 0. The second-order valence-corrected chi connectivity index (χ2v) is 15.3. The minimum atomic E-state index is -0.362. The van der Waals surface area contributed by atoms with Gasteiger partial charge in [-0.1, -0.05) is 166 Å². The SMILES string of the molecule is CC1(C)c2ccccc2-c2ccc(N(c3cccc(-c4ccccc4)c3)c3ccc4c(c3)-c3ccccc3C43c4ccccc4-c4ccccc43)cc21. The third kappa shape index (κ3) is 4.08. The Morgan fingerprint density at radius 2 is 0.755 bits per heavy atom. The summed E-state index contributed by atoms with van der Waals surface area (Å²) in [7, 11) is 0. The summed E-state index contributed by atoms with van der Waals surface area (Å²) in [6.07, 6.45) is 0. The van der Waals surface area contributed by atoms with E-state index in [2.05, 4.69) is 207 Å². The highest BCUT2D eigenvalue weighted by molar-refractivity contribution is 5.97. The molecule has 8 aromatic rings. The van der Waals surface area contributed by atoms with Gasteiger partial charge in [0.15, 0.2) is 0 Å². The van der Waals surface area contributed by atoms with Crippen LogP contribution in [-0.2, 0) is 10.8 Å². The molecule has 250 valence electrons. The molecule has 0 aromatic heterocycles. The van der Waals surface area contributed by atoms with Gasteiger partial charge in [0.05, 0.1) is 5.41 Å². The minimum Gasteiger partial charge on any atom is -0.310 e. The number of rotatable bonds is 4. The van der Waals surface area contributed by atoms with Gasteiger partial charge >= 0.3 is 0 Å². The lowest BCUT2D eigenvalue weighted by Gasteiger charge is -2.31. The van der Waals surface area contributed by atoms with Crippen molar-refractivity contribution in [1.82, 2.24) is 0 Å². The first-order chi connectivity index (χ1) is 26.0. The van der Waals surface area contributed by atoms with Gasteiger partial charge in [-0.25, -0.2) is 0 Å². The second-order valence-electron chi connectivity index (χ2n) is 15.3. The van der Waals surface area contributed by atoms with Crippen LogP contribution in [0.4, 0.5) is 17.1 Å². The third-order valence-corrected chi connectivity index (χ3v) is 12.3. The summed E-state index contributed by atoms with van der Waals surface area (Å²) in [6, 6.07) is 70.1. The van der Waals surface area contributed by atoms with E-state index in [-0.39, 0.29) is 10.8 Å². The van der Waals surface area contributed by atoms with E-state index in [9.17, 15) is 0 Å². The van der Waals surface area contributed by atoms with Crippen LogP contribution in [0.2, 0.25) is 0 Å². The number of fused-ring (bicyclic) bond motifs is 13. The normalized spacial score (nSPS) is 14.5. The van der Waals surface area contributed by atoms with Crippen molar-refractivity contribution in [2.24, 2.45) is 0 Å². The lowest BCUT2D eigenvalue weighted by molar-refractivity contribution is 0.660. The molecule has 0 saturated carbocycles. The van der Waals surface area contributed by atoms with Crippen LogP contribution in [0, 0.1) is 0 Å². The van der Waals surface area contributed by atoms with E-state index in [0.717, 1.165) is 17.1 Å². The molecule has 1 heteroatoms. The molecule has 0 unspecified atom stereocenters. The van der Waals surface area contributed by atoms with Crippen LogP contribution in [0.1, 0.15) is 47.2 Å². The summed E-state index contributed by atoms with van der Waals surface area (Å²) in [4.78, 5) is 2.47. The van der Waals surface area contributed by atoms with Crippen molar-refractivity contribution in [2.75, 3.05) is 4.90 Å². The fourth-order valence-electron chi connectivity index (χ4n) is 9.96. The Labute approximate surface area is 311 Å². The molecule has 0 heterocycles. The zero-order valence-electron chi connectivity index (χ0n) is 29.8. The summed E-state index contributed by atoms with van der Waals surface area (Å²) in [5, 5.41) is 0. The smallest absolute Gasteiger partial charge is 0.0725 e. The highest BCUT2D eigenvalue weighted by Crippen LogP contribution is 2.63. The molecular weight excluding hydrogens is 639 g/mol. The van der Waals surface area contributed by atoms with Crippen molar-refractivity contribution >= 4 is 17.1 Å². The van der Waals surface area contributed by atoms with Crippen molar-refractivity contribution in [1.29, 1.82) is 0 Å². The van der Waals surface area contributed by atoms with E-state index in [1.165, 1.54) is 77.9 Å². The van der Waals surface area contributed by atoms with Gasteiger partial charge in [0.1, 0.15) is 0 Å². The predicted molar refractivity (Wildman–Crippen MR) is 220 cm³/mol. The summed E-state index contributed by atoms with van der Waals surface area (Å²) in [6.45, 7) is 4.73. The largest absolute Gasteiger partial charge is 0.310 e. The first kappa shape index (κ1) is 30.2. The molecule has 0 atom stereocenters. The van der Waals surface area contributed by atoms with Crippen LogP contribution in [0.25, 0.3) is 44.5 Å². The Bertz CT molecular complexity index is 2720. The molecule has 0 aliphatic heterocycles. The molecule has 0 radical (unpaired) electrons. The van der Waals surface area contributed by atoms with Crippen LogP contribution in [0.15, 0.2) is 188 Å². The molecule has 3 aliphatic rings. The van der Waals surface area contributed by atoms with Gasteiger partial charge in [-0.05, 0) is 114 Å². The fourth-order valence-corrected chi connectivity index (χ4v) is 9.96. The Morgan fingerprint density at radius 3 is 1.42 bits per heavy atom. The topological polar surface area (TPSA) is 3.24 Å². The van der Waals surface area contributed by atoms with Crippen molar-refractivity contribution < 1.29 is 0 Å². The van der Waals surface area contributed by atoms with E-state index in [1.54, 1.807) is 0 Å². The number of anilines is 3. The number of hydrogen-bond acceptors (Lipinski definition) is 1. The van der Waals surface area contributed by atoms with Crippen LogP contribution in [0.3, 0.4) is 0 Å². The van der Waals surface area contributed by atoms with Gasteiger partial charge < -0.3 is 4.90 Å². The molecule has 53 heavy (non-hydrogen) atoms. The fraction of sp³-hybridized carbons (Fsp3) is 0.0769. The van der Waals surface area contributed by atoms with Crippen LogP contribution < -0.4 is 4.90 Å². The maximum Gasteiger partial charge on any atom is 0.0725 e. The summed E-state index contributed by atoms with van der Waals surface area (Å²) < 4.78 is 0. The zero-order chi connectivity index (χ0) is 35.3. The number of benzene rings is 8. The number of hydrogen-bond donors (Lipinski definition) is 0. The maximum atomic E-state index is 2.47. The van der Waals surface area contributed by atoms with Crippen molar-refractivity contribution in [3.05, 3.63) is 221 Å². The van der Waals surface area contributed by atoms with E-state index in [1.807, 2.05) is 0 Å².